The largest absolute Gasteiger partial charge is 0.534 e. The molecule has 0 N–H and O–H groups in total. The Morgan fingerprint density at radius 2 is 1.14 bits per heavy atom. The summed E-state index contributed by atoms with van der Waals surface area (Å²) >= 11 is 0. The number of Topliss-reactive ketones (excluding diaryl/α,β-unsaturated/α-hetero) is 1. The molecular weight excluding hydrogens is 501 g/mol. The topological polar surface area (TPSA) is 60.4 Å². The van der Waals surface area contributed by atoms with Gasteiger partial charge in [-0.05, 0) is 118 Å². The Bertz CT molecular complexity index is 890. The van der Waals surface area contributed by atoms with Crippen molar-refractivity contribution in [2.24, 2.45) is 34.5 Å². The Balaban J connectivity index is 0.000000220. The molecular formula is C29H47F3O4S. The van der Waals surface area contributed by atoms with Gasteiger partial charge >= 0.3 is 15.6 Å². The van der Waals surface area contributed by atoms with E-state index in [0.29, 0.717) is 41.3 Å². The zero-order valence-electron chi connectivity index (χ0n) is 23.2. The lowest BCUT2D eigenvalue weighted by Crippen LogP contribution is -2.28. The molecule has 0 saturated heterocycles. The molecule has 0 aromatic carbocycles. The molecule has 4 aliphatic rings. The molecule has 0 amide bonds. The van der Waals surface area contributed by atoms with E-state index in [2.05, 4.69) is 31.9 Å². The molecule has 214 valence electrons. The van der Waals surface area contributed by atoms with Crippen LogP contribution in [0.2, 0.25) is 0 Å². The van der Waals surface area contributed by atoms with Crippen LogP contribution in [0.25, 0.3) is 0 Å². The third kappa shape index (κ3) is 8.99. The maximum Gasteiger partial charge on any atom is 0.534 e. The number of carbonyl (C=O) groups is 1. The smallest absolute Gasteiger partial charge is 0.381 e. The molecule has 4 nitrogen and oxygen atoms in total. The number of ketones is 1. The van der Waals surface area contributed by atoms with E-state index >= 15 is 0 Å². The van der Waals surface area contributed by atoms with Gasteiger partial charge in [0.15, 0.2) is 0 Å². The van der Waals surface area contributed by atoms with Gasteiger partial charge in [0.1, 0.15) is 11.5 Å². The first-order chi connectivity index (χ1) is 17.1. The van der Waals surface area contributed by atoms with E-state index < -0.39 is 15.6 Å². The molecule has 0 aromatic heterocycles. The van der Waals surface area contributed by atoms with Crippen molar-refractivity contribution in [3.8, 4) is 0 Å². The van der Waals surface area contributed by atoms with Crippen molar-refractivity contribution in [3.05, 3.63) is 11.8 Å². The first kappa shape index (κ1) is 30.5. The lowest BCUT2D eigenvalue weighted by Gasteiger charge is -2.39. The van der Waals surface area contributed by atoms with Crippen molar-refractivity contribution < 1.29 is 30.6 Å². The van der Waals surface area contributed by atoms with Crippen LogP contribution in [-0.2, 0) is 19.1 Å². The maximum atomic E-state index is 12.3. The highest BCUT2D eigenvalue weighted by molar-refractivity contribution is 7.87. The molecule has 1 atom stereocenters. The Labute approximate surface area is 222 Å². The van der Waals surface area contributed by atoms with Crippen LogP contribution in [0.5, 0.6) is 0 Å². The highest BCUT2D eigenvalue weighted by atomic mass is 32.2. The summed E-state index contributed by atoms with van der Waals surface area (Å²) in [7, 11) is -5.52. The Kier molecular flexibility index (Phi) is 9.89. The third-order valence-corrected chi connectivity index (χ3v) is 10.6. The van der Waals surface area contributed by atoms with Gasteiger partial charge in [0.2, 0.25) is 0 Å². The molecule has 4 rings (SSSR count). The monoisotopic (exact) mass is 548 g/mol. The number of allylic oxidation sites excluding steroid dienone is 2. The Morgan fingerprint density at radius 3 is 1.54 bits per heavy atom. The summed E-state index contributed by atoms with van der Waals surface area (Å²) in [5, 5.41) is 0. The molecule has 0 aliphatic heterocycles. The minimum atomic E-state index is -5.52. The molecule has 37 heavy (non-hydrogen) atoms. The fourth-order valence-corrected chi connectivity index (χ4v) is 7.27. The van der Waals surface area contributed by atoms with Gasteiger partial charge in [-0.2, -0.15) is 21.6 Å². The highest BCUT2D eigenvalue weighted by Crippen LogP contribution is 2.45. The number of hydrogen-bond acceptors (Lipinski definition) is 4. The van der Waals surface area contributed by atoms with E-state index in [1.54, 1.807) is 0 Å². The lowest BCUT2D eigenvalue weighted by atomic mass is 9.67. The van der Waals surface area contributed by atoms with E-state index in [4.69, 9.17) is 0 Å². The molecule has 0 heterocycles. The summed E-state index contributed by atoms with van der Waals surface area (Å²) in [4.78, 5) is 11.2. The Hall–Kier alpha value is -1.05. The second kappa shape index (κ2) is 12.0. The molecule has 0 radical (unpaired) electrons. The molecule has 0 spiro atoms. The quantitative estimate of drug-likeness (QED) is 0.260. The number of alkyl halides is 3. The summed E-state index contributed by atoms with van der Waals surface area (Å²) in [6, 6.07) is 0. The molecule has 0 aromatic rings. The van der Waals surface area contributed by atoms with Crippen molar-refractivity contribution in [1.82, 2.24) is 0 Å². The second-order valence-corrected chi connectivity index (χ2v) is 15.1. The minimum absolute atomic E-state index is 0.0651. The van der Waals surface area contributed by atoms with Gasteiger partial charge in [-0.25, -0.2) is 0 Å². The van der Waals surface area contributed by atoms with Gasteiger partial charge in [0.25, 0.3) is 0 Å². The van der Waals surface area contributed by atoms with E-state index in [0.717, 1.165) is 37.5 Å². The Morgan fingerprint density at radius 1 is 0.730 bits per heavy atom. The standard InChI is InChI=1S/C15H23F3O3S.C14H24O/c1-14(2)9-7-12(8-10-14)11-3-5-13(6-4-11)21-22(19,20)15(16,17)18;1-14(2)9-7-12(8-10-14)11-3-5-13(15)6-4-11/h5,11-12H,3-4,6-10H2,1-2H3;11-12H,3-10H2,1-2H3. The number of hydrogen-bond donors (Lipinski definition) is 0. The van der Waals surface area contributed by atoms with Gasteiger partial charge in [-0.15, -0.1) is 0 Å². The van der Waals surface area contributed by atoms with Crippen LogP contribution >= 0.6 is 0 Å². The van der Waals surface area contributed by atoms with Crippen LogP contribution in [0, 0.1) is 34.5 Å². The number of rotatable bonds is 4. The fraction of sp³-hybridized carbons (Fsp3) is 0.897. The van der Waals surface area contributed by atoms with E-state index in [-0.39, 0.29) is 12.2 Å². The second-order valence-electron chi connectivity index (χ2n) is 13.6. The molecule has 8 heteroatoms. The zero-order chi connectivity index (χ0) is 27.5. The average molecular weight is 549 g/mol. The summed E-state index contributed by atoms with van der Waals surface area (Å²) in [6.45, 7) is 9.32. The van der Waals surface area contributed by atoms with Crippen LogP contribution in [-0.4, -0.2) is 19.7 Å². The summed E-state index contributed by atoms with van der Waals surface area (Å²) in [5.74, 6) is 3.26. The van der Waals surface area contributed by atoms with Crippen LogP contribution < -0.4 is 0 Å². The molecule has 3 saturated carbocycles. The average Bonchev–Trinajstić information content (AvgIpc) is 2.80. The molecule has 0 bridgehead atoms. The first-order valence-electron chi connectivity index (χ1n) is 14.3. The summed E-state index contributed by atoms with van der Waals surface area (Å²) < 4.78 is 63.1. The van der Waals surface area contributed by atoms with Crippen molar-refractivity contribution in [3.63, 3.8) is 0 Å². The maximum absolute atomic E-state index is 12.3. The van der Waals surface area contributed by atoms with Gasteiger partial charge in [-0.3, -0.25) is 4.79 Å². The number of carbonyl (C=O) groups excluding carboxylic acids is 1. The molecule has 1 unspecified atom stereocenters. The van der Waals surface area contributed by atoms with E-state index in [9.17, 15) is 26.4 Å². The highest BCUT2D eigenvalue weighted by Gasteiger charge is 2.49. The van der Waals surface area contributed by atoms with Crippen molar-refractivity contribution in [2.75, 3.05) is 0 Å². The van der Waals surface area contributed by atoms with Crippen LogP contribution in [0.1, 0.15) is 124 Å². The van der Waals surface area contributed by atoms with E-state index in [1.165, 1.54) is 57.4 Å². The number of halogens is 3. The molecule has 4 aliphatic carbocycles. The van der Waals surface area contributed by atoms with Gasteiger partial charge in [0, 0.05) is 19.3 Å². The van der Waals surface area contributed by atoms with Crippen LogP contribution in [0.3, 0.4) is 0 Å². The van der Waals surface area contributed by atoms with E-state index in [1.807, 2.05) is 0 Å². The predicted octanol–water partition coefficient (Wildman–Crippen LogP) is 8.72. The first-order valence-corrected chi connectivity index (χ1v) is 15.7. The normalized spacial score (nSPS) is 28.1. The zero-order valence-corrected chi connectivity index (χ0v) is 24.0. The van der Waals surface area contributed by atoms with Crippen molar-refractivity contribution in [1.29, 1.82) is 0 Å². The van der Waals surface area contributed by atoms with Crippen molar-refractivity contribution >= 4 is 15.9 Å². The third-order valence-electron chi connectivity index (χ3n) is 9.60. The lowest BCUT2D eigenvalue weighted by molar-refractivity contribution is -0.121. The summed E-state index contributed by atoms with van der Waals surface area (Å²) in [5.41, 5.74) is -4.39. The summed E-state index contributed by atoms with van der Waals surface area (Å²) in [6.07, 6.45) is 17.4. The van der Waals surface area contributed by atoms with Gasteiger partial charge in [0.05, 0.1) is 0 Å². The van der Waals surface area contributed by atoms with Crippen LogP contribution in [0.15, 0.2) is 11.8 Å². The SMILES string of the molecule is CC1(C)CCC(C2CC=C(OS(=O)(=O)C(F)(F)F)CC2)CC1.CC1(C)CCC(C2CCC(=O)CC2)CC1. The molecule has 3 fully saturated rings. The van der Waals surface area contributed by atoms with Crippen LogP contribution in [0.4, 0.5) is 13.2 Å². The predicted molar refractivity (Wildman–Crippen MR) is 140 cm³/mol. The fourth-order valence-electron chi connectivity index (χ4n) is 6.74. The minimum Gasteiger partial charge on any atom is -0.381 e. The van der Waals surface area contributed by atoms with Gasteiger partial charge < -0.3 is 4.18 Å². The van der Waals surface area contributed by atoms with Gasteiger partial charge in [-0.1, -0.05) is 27.7 Å². The van der Waals surface area contributed by atoms with Crippen molar-refractivity contribution in [2.45, 2.75) is 130 Å².